The fourth-order valence-corrected chi connectivity index (χ4v) is 5.04. The van der Waals surface area contributed by atoms with Gasteiger partial charge in [-0.05, 0) is 43.2 Å². The van der Waals surface area contributed by atoms with Crippen LogP contribution >= 0.6 is 0 Å². The molecule has 3 aliphatic rings. The normalized spacial score (nSPS) is 32.2. The molecule has 0 aromatic heterocycles. The fraction of sp³-hybridized carbons (Fsp3) is 0.579. The molecule has 4 atom stereocenters. The van der Waals surface area contributed by atoms with Gasteiger partial charge < -0.3 is 14.9 Å². The maximum absolute atomic E-state index is 13.0. The number of piperazine rings is 1. The van der Waals surface area contributed by atoms with Gasteiger partial charge in [-0.2, -0.15) is 0 Å². The molecule has 1 amide bonds. The summed E-state index contributed by atoms with van der Waals surface area (Å²) < 4.78 is 0. The van der Waals surface area contributed by atoms with Gasteiger partial charge in [0, 0.05) is 31.9 Å². The summed E-state index contributed by atoms with van der Waals surface area (Å²) >= 11 is 0. The first-order valence-corrected chi connectivity index (χ1v) is 8.97. The minimum Gasteiger partial charge on any atom is -0.481 e. The predicted octanol–water partition coefficient (Wildman–Crippen LogP) is 2.08. The molecule has 2 bridgehead atoms. The average Bonchev–Trinajstić information content (AvgIpc) is 3.23. The van der Waals surface area contributed by atoms with Crippen LogP contribution in [0.5, 0.6) is 0 Å². The summed E-state index contributed by atoms with van der Waals surface area (Å²) in [6.07, 6.45) is 2.93. The van der Waals surface area contributed by atoms with Gasteiger partial charge in [-0.1, -0.05) is 18.2 Å². The van der Waals surface area contributed by atoms with Crippen LogP contribution < -0.4 is 4.90 Å². The lowest BCUT2D eigenvalue weighted by Gasteiger charge is -2.39. The van der Waals surface area contributed by atoms with Gasteiger partial charge in [-0.25, -0.2) is 0 Å². The van der Waals surface area contributed by atoms with Crippen molar-refractivity contribution in [2.45, 2.75) is 19.3 Å². The number of carboxylic acids is 1. The molecule has 1 saturated heterocycles. The SMILES string of the molecule is O=C(O)[C@H]1[C@@H]2CC[C@H](C2)[C@@H]1C(=O)N1CCN(c2ccccc2)CC1. The topological polar surface area (TPSA) is 60.9 Å². The van der Waals surface area contributed by atoms with E-state index in [-0.39, 0.29) is 23.7 Å². The molecule has 2 aliphatic carbocycles. The Kier molecular flexibility index (Phi) is 3.94. The Morgan fingerprint density at radius 1 is 0.917 bits per heavy atom. The third kappa shape index (κ3) is 2.56. The number of nitrogens with zero attached hydrogens (tertiary/aromatic N) is 2. The molecule has 1 aliphatic heterocycles. The van der Waals surface area contributed by atoms with Crippen molar-refractivity contribution in [3.63, 3.8) is 0 Å². The smallest absolute Gasteiger partial charge is 0.307 e. The number of hydrogen-bond donors (Lipinski definition) is 1. The lowest BCUT2D eigenvalue weighted by molar-refractivity contribution is -0.153. The first-order valence-electron chi connectivity index (χ1n) is 8.97. The number of carboxylic acid groups (broad SMARTS) is 1. The van der Waals surface area contributed by atoms with E-state index in [1.807, 2.05) is 23.1 Å². The number of hydrogen-bond acceptors (Lipinski definition) is 3. The quantitative estimate of drug-likeness (QED) is 0.923. The Morgan fingerprint density at radius 3 is 2.17 bits per heavy atom. The van der Waals surface area contributed by atoms with Gasteiger partial charge >= 0.3 is 5.97 Å². The number of amides is 1. The van der Waals surface area contributed by atoms with Crippen molar-refractivity contribution in [2.24, 2.45) is 23.7 Å². The lowest BCUT2D eigenvalue weighted by Crippen LogP contribution is -2.52. The fourth-order valence-electron chi connectivity index (χ4n) is 5.04. The van der Waals surface area contributed by atoms with Crippen molar-refractivity contribution < 1.29 is 14.7 Å². The van der Waals surface area contributed by atoms with E-state index in [9.17, 15) is 14.7 Å². The van der Waals surface area contributed by atoms with Gasteiger partial charge in [0.2, 0.25) is 5.91 Å². The second-order valence-corrected chi connectivity index (χ2v) is 7.37. The van der Waals surface area contributed by atoms with Gasteiger partial charge in [-0.3, -0.25) is 9.59 Å². The van der Waals surface area contributed by atoms with Crippen LogP contribution in [0.4, 0.5) is 5.69 Å². The zero-order valence-electron chi connectivity index (χ0n) is 13.8. The summed E-state index contributed by atoms with van der Waals surface area (Å²) in [4.78, 5) is 28.8. The highest BCUT2D eigenvalue weighted by atomic mass is 16.4. The van der Waals surface area contributed by atoms with Crippen molar-refractivity contribution in [3.05, 3.63) is 30.3 Å². The number of para-hydroxylation sites is 1. The maximum Gasteiger partial charge on any atom is 0.307 e. The minimum absolute atomic E-state index is 0.0855. The van der Waals surface area contributed by atoms with Crippen LogP contribution in [-0.4, -0.2) is 48.1 Å². The van der Waals surface area contributed by atoms with Crippen LogP contribution in [0.25, 0.3) is 0 Å². The molecule has 1 heterocycles. The molecule has 128 valence electrons. The second-order valence-electron chi connectivity index (χ2n) is 7.37. The van der Waals surface area contributed by atoms with E-state index < -0.39 is 11.9 Å². The van der Waals surface area contributed by atoms with Gasteiger partial charge in [-0.15, -0.1) is 0 Å². The molecule has 24 heavy (non-hydrogen) atoms. The number of aliphatic carboxylic acids is 1. The van der Waals surface area contributed by atoms with Gasteiger partial charge in [0.1, 0.15) is 0 Å². The van der Waals surface area contributed by atoms with Gasteiger partial charge in [0.15, 0.2) is 0 Å². The van der Waals surface area contributed by atoms with E-state index in [0.29, 0.717) is 13.1 Å². The van der Waals surface area contributed by atoms with Crippen molar-refractivity contribution >= 4 is 17.6 Å². The van der Waals surface area contributed by atoms with Crippen LogP contribution in [-0.2, 0) is 9.59 Å². The van der Waals surface area contributed by atoms with E-state index in [1.54, 1.807) is 0 Å². The zero-order valence-corrected chi connectivity index (χ0v) is 13.8. The Hall–Kier alpha value is -2.04. The lowest BCUT2D eigenvalue weighted by atomic mass is 9.78. The zero-order chi connectivity index (χ0) is 16.7. The number of carbonyl (C=O) groups is 2. The summed E-state index contributed by atoms with van der Waals surface area (Å²) in [5.74, 6) is -0.929. The molecule has 1 aromatic rings. The summed E-state index contributed by atoms with van der Waals surface area (Å²) in [6.45, 7) is 3.00. The average molecular weight is 328 g/mol. The van der Waals surface area contributed by atoms with Crippen molar-refractivity contribution in [1.29, 1.82) is 0 Å². The Balaban J connectivity index is 1.42. The summed E-state index contributed by atoms with van der Waals surface area (Å²) in [7, 11) is 0. The first kappa shape index (κ1) is 15.5. The Bertz CT molecular complexity index is 625. The number of carbonyl (C=O) groups excluding carboxylic acids is 1. The van der Waals surface area contributed by atoms with E-state index in [0.717, 1.165) is 32.4 Å². The van der Waals surface area contributed by atoms with Crippen molar-refractivity contribution in [2.75, 3.05) is 31.1 Å². The van der Waals surface area contributed by atoms with Crippen LogP contribution in [0.3, 0.4) is 0 Å². The molecule has 0 radical (unpaired) electrons. The van der Waals surface area contributed by atoms with Crippen LogP contribution in [0.2, 0.25) is 0 Å². The highest BCUT2D eigenvalue weighted by Crippen LogP contribution is 2.53. The third-order valence-corrected chi connectivity index (χ3v) is 6.20. The summed E-state index contributed by atoms with van der Waals surface area (Å²) in [5, 5.41) is 9.56. The monoisotopic (exact) mass is 328 g/mol. The molecular formula is C19H24N2O3. The number of rotatable bonds is 3. The molecule has 5 nitrogen and oxygen atoms in total. The van der Waals surface area contributed by atoms with E-state index in [4.69, 9.17) is 0 Å². The molecule has 4 rings (SSSR count). The minimum atomic E-state index is -0.775. The molecule has 3 fully saturated rings. The molecule has 1 N–H and O–H groups in total. The first-order chi connectivity index (χ1) is 11.6. The number of benzene rings is 1. The molecule has 1 aromatic carbocycles. The van der Waals surface area contributed by atoms with Crippen LogP contribution in [0, 0.1) is 23.7 Å². The molecule has 5 heteroatoms. The van der Waals surface area contributed by atoms with Gasteiger partial charge in [0.25, 0.3) is 0 Å². The second kappa shape index (κ2) is 6.11. The number of anilines is 1. The maximum atomic E-state index is 13.0. The van der Waals surface area contributed by atoms with Crippen LogP contribution in [0.15, 0.2) is 30.3 Å². The van der Waals surface area contributed by atoms with Crippen molar-refractivity contribution in [3.8, 4) is 0 Å². The summed E-state index contributed by atoms with van der Waals surface area (Å²) in [5.41, 5.74) is 1.19. The highest BCUT2D eigenvalue weighted by Gasteiger charge is 2.54. The molecule has 0 spiro atoms. The van der Waals surface area contributed by atoms with E-state index in [2.05, 4.69) is 17.0 Å². The van der Waals surface area contributed by atoms with Crippen molar-refractivity contribution in [1.82, 2.24) is 4.90 Å². The molecule has 2 saturated carbocycles. The van der Waals surface area contributed by atoms with Gasteiger partial charge in [0.05, 0.1) is 11.8 Å². The predicted molar refractivity (Wildman–Crippen MR) is 90.7 cm³/mol. The van der Waals surface area contributed by atoms with E-state index in [1.165, 1.54) is 5.69 Å². The Morgan fingerprint density at radius 2 is 1.54 bits per heavy atom. The largest absolute Gasteiger partial charge is 0.481 e. The number of fused-ring (bicyclic) bond motifs is 2. The van der Waals surface area contributed by atoms with E-state index >= 15 is 0 Å². The summed E-state index contributed by atoms with van der Waals surface area (Å²) in [6, 6.07) is 10.2. The Labute approximate surface area is 142 Å². The standard InChI is InChI=1S/C19H24N2O3/c22-18(16-13-6-7-14(12-13)17(16)19(23)24)21-10-8-20(9-11-21)15-4-2-1-3-5-15/h1-5,13-14,16-17H,6-12H2,(H,23,24)/t13-,14-,16+,17+/m1/s1. The molecular weight excluding hydrogens is 304 g/mol. The third-order valence-electron chi connectivity index (χ3n) is 6.20. The highest BCUT2D eigenvalue weighted by molar-refractivity contribution is 5.86. The van der Waals surface area contributed by atoms with Crippen LogP contribution in [0.1, 0.15) is 19.3 Å². The molecule has 0 unspecified atom stereocenters.